The predicted octanol–water partition coefficient (Wildman–Crippen LogP) is 3.46. The molecule has 1 nitrogen and oxygen atoms in total. The lowest BCUT2D eigenvalue weighted by Crippen LogP contribution is -2.26. The molecule has 3 heteroatoms. The number of rotatable bonds is 1. The smallest absolute Gasteiger partial charge is 0.0441 e. The molecule has 0 aromatic heterocycles. The van der Waals surface area contributed by atoms with E-state index in [0.717, 1.165) is 36.0 Å². The third-order valence-electron chi connectivity index (χ3n) is 2.74. The average Bonchev–Trinajstić information content (AvgIpc) is 2.23. The lowest BCUT2D eigenvalue weighted by Gasteiger charge is -2.23. The van der Waals surface area contributed by atoms with Crippen LogP contribution in [0.15, 0.2) is 18.2 Å². The molecule has 1 N–H and O–H groups in total. The largest absolute Gasteiger partial charge is 0.317 e. The highest BCUT2D eigenvalue weighted by molar-refractivity contribution is 6.33. The SMILES string of the molecule is Clc1ccc(Cl)c(C2CCNCC2)c1. The Bertz CT molecular complexity index is 319. The van der Waals surface area contributed by atoms with Crippen LogP contribution in [-0.2, 0) is 0 Å². The van der Waals surface area contributed by atoms with Gasteiger partial charge in [0.1, 0.15) is 0 Å². The summed E-state index contributed by atoms with van der Waals surface area (Å²) in [4.78, 5) is 0. The van der Waals surface area contributed by atoms with Gasteiger partial charge in [0.15, 0.2) is 0 Å². The van der Waals surface area contributed by atoms with Crippen LogP contribution in [0, 0.1) is 0 Å². The van der Waals surface area contributed by atoms with Gasteiger partial charge in [0.25, 0.3) is 0 Å². The second-order valence-corrected chi connectivity index (χ2v) is 4.53. The summed E-state index contributed by atoms with van der Waals surface area (Å²) in [5.41, 5.74) is 1.21. The van der Waals surface area contributed by atoms with Crippen molar-refractivity contribution in [2.75, 3.05) is 13.1 Å². The number of hydrogen-bond acceptors (Lipinski definition) is 1. The highest BCUT2D eigenvalue weighted by Crippen LogP contribution is 2.32. The van der Waals surface area contributed by atoms with E-state index in [1.165, 1.54) is 5.56 Å². The summed E-state index contributed by atoms with van der Waals surface area (Å²) in [5.74, 6) is 0.572. The Morgan fingerprint density at radius 2 is 1.86 bits per heavy atom. The number of halogens is 2. The molecule has 1 aliphatic heterocycles. The van der Waals surface area contributed by atoms with E-state index >= 15 is 0 Å². The molecule has 0 atom stereocenters. The zero-order valence-electron chi connectivity index (χ0n) is 7.89. The maximum atomic E-state index is 6.15. The normalized spacial score (nSPS) is 18.4. The highest BCUT2D eigenvalue weighted by Gasteiger charge is 2.17. The van der Waals surface area contributed by atoms with Gasteiger partial charge in [0.05, 0.1) is 0 Å². The van der Waals surface area contributed by atoms with E-state index < -0.39 is 0 Å². The molecule has 0 radical (unpaired) electrons. The fourth-order valence-electron chi connectivity index (χ4n) is 1.96. The summed E-state index contributed by atoms with van der Waals surface area (Å²) in [6.07, 6.45) is 2.31. The Kier molecular flexibility index (Phi) is 3.32. The maximum absolute atomic E-state index is 6.15. The van der Waals surface area contributed by atoms with E-state index in [0.29, 0.717) is 5.92 Å². The molecule has 0 aliphatic carbocycles. The molecule has 0 bridgehead atoms. The van der Waals surface area contributed by atoms with Crippen molar-refractivity contribution >= 4 is 23.2 Å². The average molecular weight is 230 g/mol. The van der Waals surface area contributed by atoms with E-state index in [1.54, 1.807) is 0 Å². The summed E-state index contributed by atoms with van der Waals surface area (Å²) in [6.45, 7) is 2.15. The third kappa shape index (κ3) is 2.22. The molecular weight excluding hydrogens is 217 g/mol. The van der Waals surface area contributed by atoms with Crippen LogP contribution in [0.25, 0.3) is 0 Å². The maximum Gasteiger partial charge on any atom is 0.0441 e. The third-order valence-corrected chi connectivity index (χ3v) is 3.32. The van der Waals surface area contributed by atoms with Crippen molar-refractivity contribution in [1.82, 2.24) is 5.32 Å². The summed E-state index contributed by atoms with van der Waals surface area (Å²) >= 11 is 12.1. The Balaban J connectivity index is 2.24. The second kappa shape index (κ2) is 4.52. The van der Waals surface area contributed by atoms with Crippen molar-refractivity contribution in [2.24, 2.45) is 0 Å². The van der Waals surface area contributed by atoms with Gasteiger partial charge in [-0.2, -0.15) is 0 Å². The van der Waals surface area contributed by atoms with Crippen LogP contribution in [0.1, 0.15) is 24.3 Å². The van der Waals surface area contributed by atoms with E-state index in [-0.39, 0.29) is 0 Å². The Morgan fingerprint density at radius 1 is 1.14 bits per heavy atom. The van der Waals surface area contributed by atoms with E-state index in [1.807, 2.05) is 18.2 Å². The van der Waals surface area contributed by atoms with Crippen LogP contribution >= 0.6 is 23.2 Å². The predicted molar refractivity (Wildman–Crippen MR) is 61.3 cm³/mol. The molecule has 1 aromatic rings. The Labute approximate surface area is 94.4 Å². The first kappa shape index (κ1) is 10.3. The van der Waals surface area contributed by atoms with Gasteiger partial charge in [-0.25, -0.2) is 0 Å². The van der Waals surface area contributed by atoms with Crippen molar-refractivity contribution in [2.45, 2.75) is 18.8 Å². The summed E-state index contributed by atoms with van der Waals surface area (Å²) in [6, 6.07) is 5.73. The van der Waals surface area contributed by atoms with Gasteiger partial charge >= 0.3 is 0 Å². The zero-order valence-corrected chi connectivity index (χ0v) is 9.41. The molecule has 0 spiro atoms. The number of benzene rings is 1. The van der Waals surface area contributed by atoms with Crippen LogP contribution < -0.4 is 5.32 Å². The van der Waals surface area contributed by atoms with Crippen LogP contribution in [-0.4, -0.2) is 13.1 Å². The van der Waals surface area contributed by atoms with Crippen LogP contribution in [0.5, 0.6) is 0 Å². The molecule has 0 saturated carbocycles. The molecule has 14 heavy (non-hydrogen) atoms. The van der Waals surface area contributed by atoms with Gasteiger partial charge in [0, 0.05) is 10.0 Å². The first-order valence-electron chi connectivity index (χ1n) is 4.93. The van der Waals surface area contributed by atoms with Crippen molar-refractivity contribution in [1.29, 1.82) is 0 Å². The topological polar surface area (TPSA) is 12.0 Å². The van der Waals surface area contributed by atoms with E-state index in [2.05, 4.69) is 5.32 Å². The first-order chi connectivity index (χ1) is 6.77. The molecule has 0 amide bonds. The van der Waals surface area contributed by atoms with Crippen molar-refractivity contribution in [3.8, 4) is 0 Å². The van der Waals surface area contributed by atoms with Crippen LogP contribution in [0.4, 0.5) is 0 Å². The lowest BCUT2D eigenvalue weighted by molar-refractivity contribution is 0.460. The zero-order chi connectivity index (χ0) is 9.97. The van der Waals surface area contributed by atoms with Crippen LogP contribution in [0.2, 0.25) is 10.0 Å². The van der Waals surface area contributed by atoms with Gasteiger partial charge in [-0.15, -0.1) is 0 Å². The van der Waals surface area contributed by atoms with Gasteiger partial charge in [-0.05, 0) is 55.6 Å². The van der Waals surface area contributed by atoms with Gasteiger partial charge in [-0.1, -0.05) is 23.2 Å². The summed E-state index contributed by atoms with van der Waals surface area (Å²) < 4.78 is 0. The molecule has 1 heterocycles. The quantitative estimate of drug-likeness (QED) is 0.778. The fourth-order valence-corrected chi connectivity index (χ4v) is 2.41. The first-order valence-corrected chi connectivity index (χ1v) is 5.68. The number of hydrogen-bond donors (Lipinski definition) is 1. The minimum absolute atomic E-state index is 0.572. The van der Waals surface area contributed by atoms with Gasteiger partial charge < -0.3 is 5.32 Å². The Morgan fingerprint density at radius 3 is 2.57 bits per heavy atom. The monoisotopic (exact) mass is 229 g/mol. The number of piperidine rings is 1. The molecule has 1 aromatic carbocycles. The van der Waals surface area contributed by atoms with Crippen molar-refractivity contribution in [3.05, 3.63) is 33.8 Å². The van der Waals surface area contributed by atoms with Crippen LogP contribution in [0.3, 0.4) is 0 Å². The summed E-state index contributed by atoms with van der Waals surface area (Å²) in [5, 5.41) is 4.97. The molecule has 1 saturated heterocycles. The fraction of sp³-hybridized carbons (Fsp3) is 0.455. The highest BCUT2D eigenvalue weighted by atomic mass is 35.5. The molecule has 2 rings (SSSR count). The van der Waals surface area contributed by atoms with Crippen molar-refractivity contribution < 1.29 is 0 Å². The number of nitrogens with one attached hydrogen (secondary N) is 1. The van der Waals surface area contributed by atoms with Gasteiger partial charge in [-0.3, -0.25) is 0 Å². The molecular formula is C11H13Cl2N. The van der Waals surface area contributed by atoms with E-state index in [4.69, 9.17) is 23.2 Å². The summed E-state index contributed by atoms with van der Waals surface area (Å²) in [7, 11) is 0. The minimum Gasteiger partial charge on any atom is -0.317 e. The van der Waals surface area contributed by atoms with Crippen molar-refractivity contribution in [3.63, 3.8) is 0 Å². The minimum atomic E-state index is 0.572. The molecule has 1 aliphatic rings. The van der Waals surface area contributed by atoms with E-state index in [9.17, 15) is 0 Å². The standard InChI is InChI=1S/C11H13Cl2N/c12-9-1-2-11(13)10(7-9)8-3-5-14-6-4-8/h1-2,7-8,14H,3-6H2. The van der Waals surface area contributed by atoms with Gasteiger partial charge in [0.2, 0.25) is 0 Å². The lowest BCUT2D eigenvalue weighted by atomic mass is 9.90. The molecule has 76 valence electrons. The Hall–Kier alpha value is -0.240. The molecule has 0 unspecified atom stereocenters. The second-order valence-electron chi connectivity index (χ2n) is 3.69. The molecule has 1 fully saturated rings.